The van der Waals surface area contributed by atoms with Gasteiger partial charge in [-0.1, -0.05) is 64.2 Å². The van der Waals surface area contributed by atoms with E-state index in [1.54, 1.807) is 0 Å². The average molecular weight is 274 g/mol. The van der Waals surface area contributed by atoms with E-state index in [1.807, 2.05) is 0 Å². The van der Waals surface area contributed by atoms with Crippen molar-refractivity contribution < 1.29 is 5.11 Å². The zero-order valence-electron chi connectivity index (χ0n) is 13.2. The van der Waals surface area contributed by atoms with Crippen molar-refractivity contribution >= 4 is 0 Å². The predicted octanol–water partition coefficient (Wildman–Crippen LogP) is 5.21. The van der Waals surface area contributed by atoms with Crippen LogP contribution in [0.4, 0.5) is 0 Å². The number of aliphatic hydroxyl groups excluding tert-OH is 1. The average Bonchev–Trinajstić information content (AvgIpc) is 2.45. The van der Waals surface area contributed by atoms with Gasteiger partial charge in [0.25, 0.3) is 0 Å². The third kappa shape index (κ3) is 3.85. The molecule has 1 nitrogen and oxygen atoms in total. The minimum absolute atomic E-state index is 0.260. The molecule has 1 fully saturated rings. The Morgan fingerprint density at radius 1 is 0.950 bits per heavy atom. The molecule has 1 aromatic rings. The number of rotatable bonds is 4. The van der Waals surface area contributed by atoms with Gasteiger partial charge in [-0.15, -0.1) is 0 Å². The molecule has 1 aromatic carbocycles. The number of hydrogen-bond donors (Lipinski definition) is 1. The molecule has 112 valence electrons. The molecule has 1 saturated carbocycles. The summed E-state index contributed by atoms with van der Waals surface area (Å²) in [7, 11) is 0. The first-order valence-corrected chi connectivity index (χ1v) is 8.56. The normalized spacial score (nSPS) is 19.4. The lowest BCUT2D eigenvalue weighted by molar-refractivity contribution is 0.0912. The van der Waals surface area contributed by atoms with E-state index in [1.165, 1.54) is 56.1 Å². The minimum atomic E-state index is -0.260. The number of aryl methyl sites for hydroxylation is 2. The highest BCUT2D eigenvalue weighted by Gasteiger charge is 2.22. The molecule has 1 unspecified atom stereocenters. The highest BCUT2D eigenvalue weighted by Crippen LogP contribution is 2.33. The van der Waals surface area contributed by atoms with Crippen LogP contribution in [0.5, 0.6) is 0 Å². The number of hydrogen-bond acceptors (Lipinski definition) is 1. The predicted molar refractivity (Wildman–Crippen MR) is 86.0 cm³/mol. The minimum Gasteiger partial charge on any atom is -0.388 e. The Balaban J connectivity index is 2.12. The molecule has 0 saturated heterocycles. The van der Waals surface area contributed by atoms with E-state index < -0.39 is 0 Å². The van der Waals surface area contributed by atoms with E-state index in [0.717, 1.165) is 18.4 Å². The standard InChI is InChI=1S/C19H30O/c1-3-15-12-13-18(14-16(15)4-2)19(20)17-10-8-6-5-7-9-11-17/h12-14,17,19-20H,3-11H2,1-2H3. The first-order valence-electron chi connectivity index (χ1n) is 8.56. The number of benzene rings is 1. The summed E-state index contributed by atoms with van der Waals surface area (Å²) in [6, 6.07) is 6.63. The summed E-state index contributed by atoms with van der Waals surface area (Å²) in [6.45, 7) is 4.42. The molecule has 0 radical (unpaired) electrons. The van der Waals surface area contributed by atoms with Crippen LogP contribution in [-0.2, 0) is 12.8 Å². The van der Waals surface area contributed by atoms with Crippen molar-refractivity contribution in [1.29, 1.82) is 0 Å². The topological polar surface area (TPSA) is 20.2 Å². The van der Waals surface area contributed by atoms with Gasteiger partial charge in [-0.25, -0.2) is 0 Å². The molecule has 0 bridgehead atoms. The molecule has 0 amide bonds. The fourth-order valence-corrected chi connectivity index (χ4v) is 3.58. The van der Waals surface area contributed by atoms with Crippen LogP contribution in [0.2, 0.25) is 0 Å². The Kier molecular flexibility index (Phi) is 6.09. The summed E-state index contributed by atoms with van der Waals surface area (Å²) in [6.07, 6.45) is 10.9. The molecule has 0 heterocycles. The van der Waals surface area contributed by atoms with Crippen LogP contribution in [0.25, 0.3) is 0 Å². The summed E-state index contributed by atoms with van der Waals surface area (Å²) in [4.78, 5) is 0. The third-order valence-electron chi connectivity index (χ3n) is 4.93. The van der Waals surface area contributed by atoms with Crippen molar-refractivity contribution in [3.8, 4) is 0 Å². The van der Waals surface area contributed by atoms with Crippen LogP contribution in [0.1, 0.15) is 81.6 Å². The Bertz CT molecular complexity index is 402. The van der Waals surface area contributed by atoms with Gasteiger partial charge in [0.05, 0.1) is 6.10 Å². The van der Waals surface area contributed by atoms with E-state index in [9.17, 15) is 5.11 Å². The SMILES string of the molecule is CCc1ccc(C(O)C2CCCCCCC2)cc1CC. The Hall–Kier alpha value is -0.820. The van der Waals surface area contributed by atoms with Gasteiger partial charge in [-0.2, -0.15) is 0 Å². The van der Waals surface area contributed by atoms with E-state index >= 15 is 0 Å². The van der Waals surface area contributed by atoms with Gasteiger partial charge in [0.2, 0.25) is 0 Å². The lowest BCUT2D eigenvalue weighted by Gasteiger charge is -2.26. The first-order chi connectivity index (χ1) is 9.76. The van der Waals surface area contributed by atoms with E-state index in [0.29, 0.717) is 5.92 Å². The zero-order chi connectivity index (χ0) is 14.4. The van der Waals surface area contributed by atoms with Crippen LogP contribution < -0.4 is 0 Å². The molecule has 0 spiro atoms. The van der Waals surface area contributed by atoms with Gasteiger partial charge in [0.1, 0.15) is 0 Å². The van der Waals surface area contributed by atoms with Crippen LogP contribution in [0.15, 0.2) is 18.2 Å². The summed E-state index contributed by atoms with van der Waals surface area (Å²) < 4.78 is 0. The second-order valence-corrected chi connectivity index (χ2v) is 6.29. The summed E-state index contributed by atoms with van der Waals surface area (Å²) in [5.41, 5.74) is 3.99. The largest absolute Gasteiger partial charge is 0.388 e. The fourth-order valence-electron chi connectivity index (χ4n) is 3.58. The van der Waals surface area contributed by atoms with Gasteiger partial charge in [0.15, 0.2) is 0 Å². The maximum absolute atomic E-state index is 10.7. The quantitative estimate of drug-likeness (QED) is 0.799. The molecule has 1 N–H and O–H groups in total. The van der Waals surface area contributed by atoms with Crippen molar-refractivity contribution in [3.63, 3.8) is 0 Å². The zero-order valence-corrected chi connectivity index (χ0v) is 13.2. The van der Waals surface area contributed by atoms with E-state index in [4.69, 9.17) is 0 Å². The first kappa shape index (κ1) is 15.6. The molecule has 20 heavy (non-hydrogen) atoms. The van der Waals surface area contributed by atoms with Gasteiger partial charge in [0, 0.05) is 0 Å². The second-order valence-electron chi connectivity index (χ2n) is 6.29. The number of aliphatic hydroxyl groups is 1. The Labute approximate surface area is 124 Å². The van der Waals surface area contributed by atoms with Gasteiger partial charge in [-0.05, 0) is 48.3 Å². The molecular formula is C19H30O. The molecule has 0 aliphatic heterocycles. The van der Waals surface area contributed by atoms with E-state index in [2.05, 4.69) is 32.0 Å². The van der Waals surface area contributed by atoms with Crippen LogP contribution in [0.3, 0.4) is 0 Å². The molecule has 1 heteroatoms. The summed E-state index contributed by atoms with van der Waals surface area (Å²) >= 11 is 0. The lowest BCUT2D eigenvalue weighted by atomic mass is 9.83. The monoisotopic (exact) mass is 274 g/mol. The van der Waals surface area contributed by atoms with Crippen molar-refractivity contribution in [2.75, 3.05) is 0 Å². The van der Waals surface area contributed by atoms with Crippen molar-refractivity contribution in [2.24, 2.45) is 5.92 Å². The van der Waals surface area contributed by atoms with Crippen LogP contribution >= 0.6 is 0 Å². The molecule has 1 aliphatic carbocycles. The molecule has 1 aliphatic rings. The highest BCUT2D eigenvalue weighted by atomic mass is 16.3. The third-order valence-corrected chi connectivity index (χ3v) is 4.93. The molecule has 1 atom stereocenters. The highest BCUT2D eigenvalue weighted by molar-refractivity contribution is 5.33. The maximum atomic E-state index is 10.7. The van der Waals surface area contributed by atoms with Crippen LogP contribution in [-0.4, -0.2) is 5.11 Å². The summed E-state index contributed by atoms with van der Waals surface area (Å²) in [5.74, 6) is 0.465. The molecular weight excluding hydrogens is 244 g/mol. The van der Waals surface area contributed by atoms with Gasteiger partial charge >= 0.3 is 0 Å². The van der Waals surface area contributed by atoms with Crippen molar-refractivity contribution in [1.82, 2.24) is 0 Å². The van der Waals surface area contributed by atoms with Gasteiger partial charge in [-0.3, -0.25) is 0 Å². The second kappa shape index (κ2) is 7.83. The Morgan fingerprint density at radius 2 is 1.55 bits per heavy atom. The van der Waals surface area contributed by atoms with Crippen LogP contribution in [0, 0.1) is 5.92 Å². The molecule has 0 aromatic heterocycles. The van der Waals surface area contributed by atoms with Crippen molar-refractivity contribution in [2.45, 2.75) is 77.7 Å². The van der Waals surface area contributed by atoms with Gasteiger partial charge < -0.3 is 5.11 Å². The van der Waals surface area contributed by atoms with E-state index in [-0.39, 0.29) is 6.10 Å². The maximum Gasteiger partial charge on any atom is 0.0818 e. The fraction of sp³-hybridized carbons (Fsp3) is 0.684. The smallest absolute Gasteiger partial charge is 0.0818 e. The molecule has 2 rings (SSSR count). The Morgan fingerprint density at radius 3 is 2.15 bits per heavy atom. The summed E-state index contributed by atoms with van der Waals surface area (Å²) in [5, 5.41) is 10.7. The van der Waals surface area contributed by atoms with Crippen molar-refractivity contribution in [3.05, 3.63) is 34.9 Å². The lowest BCUT2D eigenvalue weighted by Crippen LogP contribution is -2.14.